The van der Waals surface area contributed by atoms with E-state index < -0.39 is 6.10 Å². The van der Waals surface area contributed by atoms with Crippen molar-refractivity contribution in [3.05, 3.63) is 23.9 Å². The fourth-order valence-electron chi connectivity index (χ4n) is 4.44. The van der Waals surface area contributed by atoms with Crippen molar-refractivity contribution in [1.29, 1.82) is 0 Å². The van der Waals surface area contributed by atoms with Crippen LogP contribution < -0.4 is 10.2 Å². The first-order valence-electron chi connectivity index (χ1n) is 11.2. The van der Waals surface area contributed by atoms with E-state index in [2.05, 4.69) is 27.0 Å². The third kappa shape index (κ3) is 5.29. The van der Waals surface area contributed by atoms with Crippen LogP contribution in [0.5, 0.6) is 0 Å². The Morgan fingerprint density at radius 1 is 1.17 bits per heavy atom. The molecule has 0 aromatic carbocycles. The molecular formula is C22H34N4O4. The third-order valence-corrected chi connectivity index (χ3v) is 6.53. The number of pyridine rings is 1. The van der Waals surface area contributed by atoms with Crippen LogP contribution in [0.15, 0.2) is 18.3 Å². The smallest absolute Gasteiger partial charge is 0.253 e. The molecule has 3 aliphatic rings. The highest BCUT2D eigenvalue weighted by Crippen LogP contribution is 2.21. The number of hydrogen-bond acceptors (Lipinski definition) is 7. The van der Waals surface area contributed by atoms with Crippen molar-refractivity contribution >= 4 is 11.7 Å². The van der Waals surface area contributed by atoms with E-state index in [1.807, 2.05) is 6.07 Å². The first kappa shape index (κ1) is 21.5. The van der Waals surface area contributed by atoms with Gasteiger partial charge in [0.1, 0.15) is 11.9 Å². The Bertz CT molecular complexity index is 687. The summed E-state index contributed by atoms with van der Waals surface area (Å²) in [6.45, 7) is 8.66. The molecule has 166 valence electrons. The van der Waals surface area contributed by atoms with Crippen LogP contribution in [0.4, 0.5) is 5.82 Å². The summed E-state index contributed by atoms with van der Waals surface area (Å²) in [6.07, 6.45) is 3.63. The lowest BCUT2D eigenvalue weighted by molar-refractivity contribution is -0.101. The number of aliphatic hydroxyl groups is 1. The number of likely N-dealkylation sites (tertiary alicyclic amines) is 1. The molecule has 3 saturated heterocycles. The van der Waals surface area contributed by atoms with Gasteiger partial charge < -0.3 is 29.7 Å². The lowest BCUT2D eigenvalue weighted by Crippen LogP contribution is -2.56. The van der Waals surface area contributed by atoms with E-state index in [0.717, 1.165) is 44.5 Å². The van der Waals surface area contributed by atoms with Crippen molar-refractivity contribution in [1.82, 2.24) is 15.2 Å². The van der Waals surface area contributed by atoms with Gasteiger partial charge in [-0.1, -0.05) is 6.92 Å². The van der Waals surface area contributed by atoms with E-state index in [0.29, 0.717) is 31.8 Å². The van der Waals surface area contributed by atoms with E-state index in [4.69, 9.17) is 9.47 Å². The molecular weight excluding hydrogens is 384 g/mol. The Morgan fingerprint density at radius 3 is 2.63 bits per heavy atom. The molecule has 3 fully saturated rings. The predicted molar refractivity (Wildman–Crippen MR) is 114 cm³/mol. The Labute approximate surface area is 178 Å². The summed E-state index contributed by atoms with van der Waals surface area (Å²) in [6, 6.07) is 3.37. The largest absolute Gasteiger partial charge is 0.388 e. The molecule has 1 aromatic rings. The van der Waals surface area contributed by atoms with Crippen LogP contribution in [0.2, 0.25) is 0 Å². The summed E-state index contributed by atoms with van der Waals surface area (Å²) < 4.78 is 11.2. The molecule has 2 N–H and O–H groups in total. The Hall–Kier alpha value is -1.74. The number of piperidine rings is 1. The van der Waals surface area contributed by atoms with Crippen LogP contribution in [0.1, 0.15) is 36.5 Å². The number of nitrogens with one attached hydrogen (secondary N) is 1. The molecule has 0 spiro atoms. The topological polar surface area (TPSA) is 87.2 Å². The highest BCUT2D eigenvalue weighted by Gasteiger charge is 2.35. The van der Waals surface area contributed by atoms with Gasteiger partial charge in [-0.2, -0.15) is 0 Å². The monoisotopic (exact) mass is 418 g/mol. The fourth-order valence-corrected chi connectivity index (χ4v) is 4.44. The fraction of sp³-hybridized carbons (Fsp3) is 0.727. The average molecular weight is 419 g/mol. The van der Waals surface area contributed by atoms with Gasteiger partial charge in [0, 0.05) is 32.4 Å². The molecule has 1 amide bonds. The number of carbonyl (C=O) groups excluding carboxylic acids is 1. The average Bonchev–Trinajstić information content (AvgIpc) is 2.78. The number of rotatable bonds is 5. The number of aromatic nitrogens is 1. The summed E-state index contributed by atoms with van der Waals surface area (Å²) in [5, 5.41) is 13.8. The second kappa shape index (κ2) is 10.0. The Morgan fingerprint density at radius 2 is 1.93 bits per heavy atom. The second-order valence-electron chi connectivity index (χ2n) is 8.76. The van der Waals surface area contributed by atoms with Crippen molar-refractivity contribution in [3.8, 4) is 0 Å². The van der Waals surface area contributed by atoms with E-state index in [1.165, 1.54) is 12.8 Å². The summed E-state index contributed by atoms with van der Waals surface area (Å²) in [5.74, 6) is 1.43. The van der Waals surface area contributed by atoms with E-state index in [-0.39, 0.29) is 18.1 Å². The number of nitrogens with zero attached hydrogens (tertiary/aromatic N) is 3. The van der Waals surface area contributed by atoms with Gasteiger partial charge in [0.2, 0.25) is 0 Å². The van der Waals surface area contributed by atoms with Crippen LogP contribution in [-0.2, 0) is 9.47 Å². The highest BCUT2D eigenvalue weighted by molar-refractivity contribution is 5.94. The molecule has 0 bridgehead atoms. The quantitative estimate of drug-likeness (QED) is 0.735. The minimum Gasteiger partial charge on any atom is -0.388 e. The Kier molecular flexibility index (Phi) is 7.20. The number of carbonyl (C=O) groups is 1. The molecule has 4 rings (SSSR count). The zero-order chi connectivity index (χ0) is 20.9. The van der Waals surface area contributed by atoms with Gasteiger partial charge in [0.25, 0.3) is 5.91 Å². The maximum absolute atomic E-state index is 12.7. The molecule has 30 heavy (non-hydrogen) atoms. The number of hydrogen-bond donors (Lipinski definition) is 2. The van der Waals surface area contributed by atoms with Gasteiger partial charge in [-0.3, -0.25) is 4.79 Å². The number of anilines is 1. The number of amides is 1. The molecule has 0 radical (unpaired) electrons. The van der Waals surface area contributed by atoms with Gasteiger partial charge in [0.15, 0.2) is 0 Å². The van der Waals surface area contributed by atoms with Crippen molar-refractivity contribution in [2.75, 3.05) is 57.4 Å². The minimum atomic E-state index is -0.706. The highest BCUT2D eigenvalue weighted by atomic mass is 16.5. The zero-order valence-electron chi connectivity index (χ0n) is 17.8. The van der Waals surface area contributed by atoms with Gasteiger partial charge in [-0.25, -0.2) is 4.98 Å². The first-order chi connectivity index (χ1) is 14.6. The summed E-state index contributed by atoms with van der Waals surface area (Å²) in [4.78, 5) is 21.7. The molecule has 8 heteroatoms. The van der Waals surface area contributed by atoms with Crippen molar-refractivity contribution in [3.63, 3.8) is 0 Å². The number of ether oxygens (including phenoxy) is 2. The standard InChI is InChI=1S/C22H34N4O4/c1-16-4-7-25(8-5-16)15-19-21(27)18(6-11-30-19)24-22(28)17-2-3-20(23-14-17)26-9-12-29-13-10-26/h2-3,14,16,18-19,21,27H,4-13,15H2,1H3,(H,24,28)/t18-,19+,21-/m0/s1. The molecule has 0 saturated carbocycles. The predicted octanol–water partition coefficient (Wildman–Crippen LogP) is 0.898. The number of aliphatic hydroxyl groups excluding tert-OH is 1. The molecule has 3 atom stereocenters. The van der Waals surface area contributed by atoms with Gasteiger partial charge in [-0.15, -0.1) is 0 Å². The molecule has 8 nitrogen and oxygen atoms in total. The van der Waals surface area contributed by atoms with Gasteiger partial charge in [-0.05, 0) is 50.4 Å². The van der Waals surface area contributed by atoms with Crippen LogP contribution in [0.3, 0.4) is 0 Å². The van der Waals surface area contributed by atoms with Crippen LogP contribution in [-0.4, -0.2) is 91.7 Å². The van der Waals surface area contributed by atoms with Gasteiger partial charge in [0.05, 0.1) is 30.9 Å². The van der Waals surface area contributed by atoms with E-state index in [9.17, 15) is 9.90 Å². The zero-order valence-corrected chi connectivity index (χ0v) is 17.8. The van der Waals surface area contributed by atoms with Crippen molar-refractivity contribution < 1.29 is 19.4 Å². The summed E-state index contributed by atoms with van der Waals surface area (Å²) in [5.41, 5.74) is 0.507. The van der Waals surface area contributed by atoms with Gasteiger partial charge >= 0.3 is 0 Å². The third-order valence-electron chi connectivity index (χ3n) is 6.53. The molecule has 4 heterocycles. The van der Waals surface area contributed by atoms with Crippen LogP contribution in [0, 0.1) is 5.92 Å². The first-order valence-corrected chi connectivity index (χ1v) is 11.2. The molecule has 3 aliphatic heterocycles. The lowest BCUT2D eigenvalue weighted by Gasteiger charge is -2.39. The van der Waals surface area contributed by atoms with Crippen LogP contribution >= 0.6 is 0 Å². The molecule has 0 aliphatic carbocycles. The summed E-state index contributed by atoms with van der Waals surface area (Å²) >= 11 is 0. The maximum Gasteiger partial charge on any atom is 0.253 e. The van der Waals surface area contributed by atoms with Crippen LogP contribution in [0.25, 0.3) is 0 Å². The lowest BCUT2D eigenvalue weighted by atomic mass is 9.96. The molecule has 0 unspecified atom stereocenters. The Balaban J connectivity index is 1.30. The number of morpholine rings is 1. The van der Waals surface area contributed by atoms with Crippen molar-refractivity contribution in [2.24, 2.45) is 5.92 Å². The SMILES string of the molecule is CC1CCN(C[C@H]2OCC[C@H](NC(=O)c3ccc(N4CCOCC4)nc3)[C@@H]2O)CC1. The minimum absolute atomic E-state index is 0.201. The normalized spacial score (nSPS) is 29.0. The van der Waals surface area contributed by atoms with E-state index in [1.54, 1.807) is 12.3 Å². The maximum atomic E-state index is 12.7. The second-order valence-corrected chi connectivity index (χ2v) is 8.76. The molecule has 1 aromatic heterocycles. The van der Waals surface area contributed by atoms with Crippen molar-refractivity contribution in [2.45, 2.75) is 44.4 Å². The summed E-state index contributed by atoms with van der Waals surface area (Å²) in [7, 11) is 0. The van der Waals surface area contributed by atoms with E-state index >= 15 is 0 Å².